The van der Waals surface area contributed by atoms with E-state index in [4.69, 9.17) is 10.5 Å². The van der Waals surface area contributed by atoms with Crippen LogP contribution in [0.3, 0.4) is 0 Å². The largest absolute Gasteiger partial charge is 0.481 e. The molecule has 0 radical (unpaired) electrons. The molecule has 1 aromatic heterocycles. The van der Waals surface area contributed by atoms with E-state index in [1.54, 1.807) is 13.3 Å². The molecule has 5 heteroatoms. The second-order valence-electron chi connectivity index (χ2n) is 5.12. The van der Waals surface area contributed by atoms with Gasteiger partial charge in [0.25, 0.3) is 0 Å². The van der Waals surface area contributed by atoms with Crippen LogP contribution in [0.15, 0.2) is 42.6 Å². The van der Waals surface area contributed by atoms with E-state index in [9.17, 15) is 0 Å². The van der Waals surface area contributed by atoms with Gasteiger partial charge in [-0.1, -0.05) is 0 Å². The molecule has 0 bridgehead atoms. The van der Waals surface area contributed by atoms with E-state index >= 15 is 0 Å². The lowest BCUT2D eigenvalue weighted by Gasteiger charge is -2.37. The zero-order chi connectivity index (χ0) is 14.7. The van der Waals surface area contributed by atoms with Crippen LogP contribution in [-0.4, -0.2) is 38.3 Å². The Morgan fingerprint density at radius 3 is 2.19 bits per heavy atom. The van der Waals surface area contributed by atoms with Crippen LogP contribution in [0.5, 0.6) is 5.88 Å². The van der Waals surface area contributed by atoms with Gasteiger partial charge in [0.2, 0.25) is 5.88 Å². The lowest BCUT2D eigenvalue weighted by molar-refractivity contribution is 0.398. The monoisotopic (exact) mass is 284 g/mol. The zero-order valence-corrected chi connectivity index (χ0v) is 12.2. The number of hydrogen-bond acceptors (Lipinski definition) is 5. The van der Waals surface area contributed by atoms with E-state index in [0.29, 0.717) is 5.88 Å². The van der Waals surface area contributed by atoms with Crippen LogP contribution in [0.4, 0.5) is 17.1 Å². The number of anilines is 3. The highest BCUT2D eigenvalue weighted by Crippen LogP contribution is 2.23. The van der Waals surface area contributed by atoms with Crippen molar-refractivity contribution in [3.63, 3.8) is 0 Å². The van der Waals surface area contributed by atoms with E-state index in [2.05, 4.69) is 26.9 Å². The van der Waals surface area contributed by atoms with Crippen molar-refractivity contribution in [3.8, 4) is 5.88 Å². The molecule has 1 aromatic carbocycles. The molecule has 0 saturated carbocycles. The molecule has 0 unspecified atom stereocenters. The summed E-state index contributed by atoms with van der Waals surface area (Å²) >= 11 is 0. The van der Waals surface area contributed by atoms with Crippen molar-refractivity contribution < 1.29 is 4.74 Å². The lowest BCUT2D eigenvalue weighted by atomic mass is 10.2. The molecule has 110 valence electrons. The fourth-order valence-corrected chi connectivity index (χ4v) is 2.62. The number of ether oxygens (including phenoxy) is 1. The molecule has 5 nitrogen and oxygen atoms in total. The summed E-state index contributed by atoms with van der Waals surface area (Å²) < 4.78 is 5.19. The molecule has 2 aromatic rings. The molecule has 0 amide bonds. The number of pyridine rings is 1. The highest BCUT2D eigenvalue weighted by molar-refractivity contribution is 5.55. The Kier molecular flexibility index (Phi) is 3.81. The van der Waals surface area contributed by atoms with Crippen LogP contribution in [0, 0.1) is 0 Å². The number of piperazine rings is 1. The average Bonchev–Trinajstić information content (AvgIpc) is 2.56. The van der Waals surface area contributed by atoms with Crippen molar-refractivity contribution in [2.75, 3.05) is 48.8 Å². The molecule has 1 aliphatic rings. The minimum absolute atomic E-state index is 0.661. The minimum atomic E-state index is 0.661. The molecule has 0 spiro atoms. The van der Waals surface area contributed by atoms with Crippen LogP contribution < -0.4 is 20.3 Å². The SMILES string of the molecule is COc1cc(N2CCN(c3ccc(N)cc3)CC2)ccn1. The molecule has 2 heterocycles. The third-order valence-electron chi connectivity index (χ3n) is 3.83. The van der Waals surface area contributed by atoms with E-state index < -0.39 is 0 Å². The number of rotatable bonds is 3. The molecule has 21 heavy (non-hydrogen) atoms. The minimum Gasteiger partial charge on any atom is -0.481 e. The number of aromatic nitrogens is 1. The molecule has 1 fully saturated rings. The first-order chi connectivity index (χ1) is 10.3. The number of nitrogens with two attached hydrogens (primary N) is 1. The standard InChI is InChI=1S/C16H20N4O/c1-21-16-12-15(6-7-18-16)20-10-8-19(9-11-20)14-4-2-13(17)3-5-14/h2-7,12H,8-11,17H2,1H3. The third kappa shape index (κ3) is 3.02. The average molecular weight is 284 g/mol. The summed E-state index contributed by atoms with van der Waals surface area (Å²) in [6.07, 6.45) is 1.79. The van der Waals surface area contributed by atoms with Gasteiger partial charge >= 0.3 is 0 Å². The topological polar surface area (TPSA) is 54.6 Å². The Labute approximate surface area is 125 Å². The Morgan fingerprint density at radius 1 is 0.952 bits per heavy atom. The van der Waals surface area contributed by atoms with Crippen LogP contribution in [0.25, 0.3) is 0 Å². The van der Waals surface area contributed by atoms with Crippen LogP contribution >= 0.6 is 0 Å². The van der Waals surface area contributed by atoms with Gasteiger partial charge in [0, 0.05) is 55.5 Å². The van der Waals surface area contributed by atoms with Crippen molar-refractivity contribution in [1.29, 1.82) is 0 Å². The molecule has 1 aliphatic heterocycles. The van der Waals surface area contributed by atoms with Crippen molar-refractivity contribution in [1.82, 2.24) is 4.98 Å². The van der Waals surface area contributed by atoms with Gasteiger partial charge in [-0.05, 0) is 30.3 Å². The maximum absolute atomic E-state index is 5.74. The smallest absolute Gasteiger partial charge is 0.214 e. The highest BCUT2D eigenvalue weighted by atomic mass is 16.5. The summed E-state index contributed by atoms with van der Waals surface area (Å²) in [5.74, 6) is 0.661. The quantitative estimate of drug-likeness (QED) is 0.874. The van der Waals surface area contributed by atoms with Gasteiger partial charge in [-0.15, -0.1) is 0 Å². The molecular formula is C16H20N4O. The maximum atomic E-state index is 5.74. The molecule has 2 N–H and O–H groups in total. The Balaban J connectivity index is 1.65. The van der Waals surface area contributed by atoms with E-state index in [0.717, 1.165) is 31.9 Å². The fourth-order valence-electron chi connectivity index (χ4n) is 2.62. The van der Waals surface area contributed by atoms with Crippen LogP contribution in [0.2, 0.25) is 0 Å². The molecule has 0 atom stereocenters. The summed E-state index contributed by atoms with van der Waals surface area (Å²) in [6, 6.07) is 12.1. The van der Waals surface area contributed by atoms with Crippen molar-refractivity contribution >= 4 is 17.1 Å². The Morgan fingerprint density at radius 2 is 1.57 bits per heavy atom. The van der Waals surface area contributed by atoms with Gasteiger partial charge in [0.05, 0.1) is 7.11 Å². The zero-order valence-electron chi connectivity index (χ0n) is 12.2. The first-order valence-electron chi connectivity index (χ1n) is 7.12. The predicted octanol–water partition coefficient (Wildman–Crippen LogP) is 2.00. The maximum Gasteiger partial charge on any atom is 0.214 e. The summed E-state index contributed by atoms with van der Waals surface area (Å²) in [5, 5.41) is 0. The highest BCUT2D eigenvalue weighted by Gasteiger charge is 2.17. The number of methoxy groups -OCH3 is 1. The van der Waals surface area contributed by atoms with Crippen molar-refractivity contribution in [2.45, 2.75) is 0 Å². The first-order valence-corrected chi connectivity index (χ1v) is 7.12. The van der Waals surface area contributed by atoms with Gasteiger partial charge in [-0.2, -0.15) is 0 Å². The molecule has 1 saturated heterocycles. The molecule has 3 rings (SSSR count). The van der Waals surface area contributed by atoms with Gasteiger partial charge < -0.3 is 20.3 Å². The molecular weight excluding hydrogens is 264 g/mol. The number of benzene rings is 1. The third-order valence-corrected chi connectivity index (χ3v) is 3.83. The van der Waals surface area contributed by atoms with Crippen LogP contribution in [-0.2, 0) is 0 Å². The summed E-state index contributed by atoms with van der Waals surface area (Å²) in [6.45, 7) is 3.96. The Bertz CT molecular complexity index is 591. The number of hydrogen-bond donors (Lipinski definition) is 1. The lowest BCUT2D eigenvalue weighted by Crippen LogP contribution is -2.46. The van der Waals surface area contributed by atoms with E-state index in [1.807, 2.05) is 24.3 Å². The summed E-state index contributed by atoms with van der Waals surface area (Å²) in [5.41, 5.74) is 8.94. The van der Waals surface area contributed by atoms with Gasteiger partial charge in [0.15, 0.2) is 0 Å². The van der Waals surface area contributed by atoms with Crippen molar-refractivity contribution in [3.05, 3.63) is 42.6 Å². The van der Waals surface area contributed by atoms with Crippen LogP contribution in [0.1, 0.15) is 0 Å². The summed E-state index contributed by atoms with van der Waals surface area (Å²) in [4.78, 5) is 8.89. The number of nitrogens with zero attached hydrogens (tertiary/aromatic N) is 3. The summed E-state index contributed by atoms with van der Waals surface area (Å²) in [7, 11) is 1.64. The van der Waals surface area contributed by atoms with E-state index in [1.165, 1.54) is 11.4 Å². The van der Waals surface area contributed by atoms with Gasteiger partial charge in [-0.25, -0.2) is 4.98 Å². The van der Waals surface area contributed by atoms with Gasteiger partial charge in [0.1, 0.15) is 0 Å². The molecule has 0 aliphatic carbocycles. The predicted molar refractivity (Wildman–Crippen MR) is 86.1 cm³/mol. The van der Waals surface area contributed by atoms with Crippen molar-refractivity contribution in [2.24, 2.45) is 0 Å². The first kappa shape index (κ1) is 13.5. The van der Waals surface area contributed by atoms with E-state index in [-0.39, 0.29) is 0 Å². The van der Waals surface area contributed by atoms with Gasteiger partial charge in [-0.3, -0.25) is 0 Å². The second-order valence-corrected chi connectivity index (χ2v) is 5.12. The number of nitrogen functional groups attached to an aromatic ring is 1. The Hall–Kier alpha value is -2.43. The normalized spacial score (nSPS) is 15.1. The fraction of sp³-hybridized carbons (Fsp3) is 0.312. The second kappa shape index (κ2) is 5.91.